The minimum atomic E-state index is -0.885. The van der Waals surface area contributed by atoms with E-state index >= 15 is 0 Å². The monoisotopic (exact) mass is 294 g/mol. The van der Waals surface area contributed by atoms with Gasteiger partial charge in [0.2, 0.25) is 0 Å². The van der Waals surface area contributed by atoms with Crippen LogP contribution in [0.2, 0.25) is 0 Å². The third kappa shape index (κ3) is 2.20. The Morgan fingerprint density at radius 3 is 2.62 bits per heavy atom. The van der Waals surface area contributed by atoms with Crippen molar-refractivity contribution in [3.05, 3.63) is 0 Å². The molecule has 1 saturated heterocycles. The maximum absolute atomic E-state index is 12.5. The summed E-state index contributed by atoms with van der Waals surface area (Å²) in [5.41, 5.74) is 0. The zero-order valence-electron chi connectivity index (χ0n) is 12.0. The minimum absolute atomic E-state index is 0.0454. The largest absolute Gasteiger partial charge is 0.481 e. The zero-order chi connectivity index (χ0) is 14.6. The number of hydrogen-bond acceptors (Lipinski definition) is 3. The summed E-state index contributed by atoms with van der Waals surface area (Å²) in [6.07, 6.45) is 3.98. The molecular formula is C15H22N2O4. The van der Waals surface area contributed by atoms with E-state index in [0.717, 1.165) is 11.8 Å². The van der Waals surface area contributed by atoms with Crippen LogP contribution in [0.4, 0.5) is 4.79 Å². The summed E-state index contributed by atoms with van der Waals surface area (Å²) in [4.78, 5) is 25.0. The lowest BCUT2D eigenvalue weighted by Gasteiger charge is -2.35. The van der Waals surface area contributed by atoms with Crippen LogP contribution in [0.1, 0.15) is 25.7 Å². The van der Waals surface area contributed by atoms with E-state index in [1.165, 1.54) is 19.3 Å². The number of morpholine rings is 1. The summed E-state index contributed by atoms with van der Waals surface area (Å²) in [6.45, 7) is 1.30. The maximum atomic E-state index is 12.5. The Hall–Kier alpha value is -1.30. The van der Waals surface area contributed by atoms with E-state index in [0.29, 0.717) is 37.6 Å². The fraction of sp³-hybridized carbons (Fsp3) is 0.867. The van der Waals surface area contributed by atoms with E-state index in [9.17, 15) is 9.59 Å². The molecule has 0 aromatic carbocycles. The van der Waals surface area contributed by atoms with Crippen LogP contribution in [0.5, 0.6) is 0 Å². The Bertz CT molecular complexity index is 453. The zero-order valence-corrected chi connectivity index (χ0v) is 12.0. The molecule has 4 rings (SSSR count). The molecule has 1 aliphatic heterocycles. The van der Waals surface area contributed by atoms with Gasteiger partial charge in [0.15, 0.2) is 0 Å². The maximum Gasteiger partial charge on any atom is 0.318 e. The lowest BCUT2D eigenvalue weighted by Crippen LogP contribution is -2.54. The second kappa shape index (κ2) is 4.87. The van der Waals surface area contributed by atoms with Crippen molar-refractivity contribution in [2.45, 2.75) is 37.8 Å². The van der Waals surface area contributed by atoms with Crippen LogP contribution >= 0.6 is 0 Å². The molecule has 0 aromatic rings. The molecule has 0 spiro atoms. The van der Waals surface area contributed by atoms with Crippen LogP contribution in [0, 0.1) is 23.7 Å². The number of amides is 2. The van der Waals surface area contributed by atoms with E-state index in [-0.39, 0.29) is 18.5 Å². The standard InChI is InChI=1S/C15H22N2O4/c18-11(19)6-10-7-21-4-3-17(10)15(20)16-14-12-8-1-2-9(5-8)13(12)14/h8-10,12-14H,1-7H2,(H,16,20)(H,18,19). The first kappa shape index (κ1) is 13.4. The summed E-state index contributed by atoms with van der Waals surface area (Å²) in [6, 6.07) is -0.0908. The van der Waals surface area contributed by atoms with Crippen LogP contribution in [0.3, 0.4) is 0 Å². The number of nitrogens with one attached hydrogen (secondary N) is 1. The topological polar surface area (TPSA) is 78.9 Å². The van der Waals surface area contributed by atoms with Crippen LogP contribution in [0.15, 0.2) is 0 Å². The number of hydrogen-bond donors (Lipinski definition) is 2. The van der Waals surface area contributed by atoms with Gasteiger partial charge in [-0.05, 0) is 42.9 Å². The fourth-order valence-electron chi connectivity index (χ4n) is 5.04. The van der Waals surface area contributed by atoms with Gasteiger partial charge >= 0.3 is 12.0 Å². The SMILES string of the molecule is O=C(O)CC1COCCN1C(=O)NC1C2C3CCC(C3)C12. The second-order valence-corrected chi connectivity index (χ2v) is 6.98. The Morgan fingerprint density at radius 1 is 1.24 bits per heavy atom. The molecule has 21 heavy (non-hydrogen) atoms. The van der Waals surface area contributed by atoms with Crippen molar-refractivity contribution in [1.29, 1.82) is 0 Å². The average molecular weight is 294 g/mol. The van der Waals surface area contributed by atoms with E-state index in [1.807, 2.05) is 0 Å². The minimum Gasteiger partial charge on any atom is -0.481 e. The molecule has 6 nitrogen and oxygen atoms in total. The van der Waals surface area contributed by atoms with Crippen LogP contribution in [-0.2, 0) is 9.53 Å². The van der Waals surface area contributed by atoms with Gasteiger partial charge in [0, 0.05) is 12.6 Å². The normalized spacial score (nSPS) is 43.5. The number of carboxylic acid groups (broad SMARTS) is 1. The third-order valence-corrected chi connectivity index (χ3v) is 5.92. The smallest absolute Gasteiger partial charge is 0.318 e. The van der Waals surface area contributed by atoms with Gasteiger partial charge in [0.1, 0.15) is 0 Å². The van der Waals surface area contributed by atoms with E-state index in [2.05, 4.69) is 5.32 Å². The number of carboxylic acids is 1. The van der Waals surface area contributed by atoms with Gasteiger partial charge < -0.3 is 20.1 Å². The molecule has 0 aromatic heterocycles. The van der Waals surface area contributed by atoms with Crippen molar-refractivity contribution >= 4 is 12.0 Å². The third-order valence-electron chi connectivity index (χ3n) is 5.92. The number of ether oxygens (including phenoxy) is 1. The molecule has 2 bridgehead atoms. The van der Waals surface area contributed by atoms with Crippen molar-refractivity contribution in [1.82, 2.24) is 10.2 Å². The number of aliphatic carboxylic acids is 1. The molecular weight excluding hydrogens is 272 g/mol. The molecule has 0 radical (unpaired) electrons. The molecule has 4 aliphatic rings. The number of rotatable bonds is 3. The van der Waals surface area contributed by atoms with Gasteiger partial charge in [-0.3, -0.25) is 4.79 Å². The molecule has 116 valence electrons. The molecule has 2 N–H and O–H groups in total. The number of fused-ring (bicyclic) bond motifs is 5. The van der Waals surface area contributed by atoms with Gasteiger partial charge in [0.05, 0.1) is 25.7 Å². The fourth-order valence-corrected chi connectivity index (χ4v) is 5.04. The van der Waals surface area contributed by atoms with E-state index < -0.39 is 5.97 Å². The summed E-state index contributed by atoms with van der Waals surface area (Å²) in [5.74, 6) is 2.16. The quantitative estimate of drug-likeness (QED) is 0.811. The first-order chi connectivity index (χ1) is 10.1. The van der Waals surface area contributed by atoms with Crippen molar-refractivity contribution in [2.75, 3.05) is 19.8 Å². The average Bonchev–Trinajstić information content (AvgIpc) is 2.83. The van der Waals surface area contributed by atoms with Crippen molar-refractivity contribution in [3.63, 3.8) is 0 Å². The van der Waals surface area contributed by atoms with Crippen molar-refractivity contribution in [3.8, 4) is 0 Å². The highest BCUT2D eigenvalue weighted by molar-refractivity contribution is 5.77. The molecule has 5 atom stereocenters. The predicted octanol–water partition coefficient (Wildman–Crippen LogP) is 0.916. The highest BCUT2D eigenvalue weighted by Crippen LogP contribution is 2.65. The van der Waals surface area contributed by atoms with Gasteiger partial charge in [-0.1, -0.05) is 0 Å². The Kier molecular flexibility index (Phi) is 3.10. The molecule has 6 heteroatoms. The van der Waals surface area contributed by atoms with Gasteiger partial charge in [-0.15, -0.1) is 0 Å². The summed E-state index contributed by atoms with van der Waals surface area (Å²) in [7, 11) is 0. The summed E-state index contributed by atoms with van der Waals surface area (Å²) in [5, 5.41) is 12.1. The first-order valence-corrected chi connectivity index (χ1v) is 8.02. The van der Waals surface area contributed by atoms with Gasteiger partial charge in [-0.25, -0.2) is 4.79 Å². The first-order valence-electron chi connectivity index (χ1n) is 8.02. The van der Waals surface area contributed by atoms with Gasteiger partial charge in [0.25, 0.3) is 0 Å². The van der Waals surface area contributed by atoms with Crippen molar-refractivity contribution in [2.24, 2.45) is 23.7 Å². The number of carbonyl (C=O) groups excluding carboxylic acids is 1. The Morgan fingerprint density at radius 2 is 1.95 bits per heavy atom. The second-order valence-electron chi connectivity index (χ2n) is 6.98. The Labute approximate surface area is 123 Å². The van der Waals surface area contributed by atoms with E-state index in [4.69, 9.17) is 9.84 Å². The Balaban J connectivity index is 1.37. The number of nitrogens with zero attached hydrogens (tertiary/aromatic N) is 1. The lowest BCUT2D eigenvalue weighted by molar-refractivity contribution is -0.139. The molecule has 4 fully saturated rings. The highest BCUT2D eigenvalue weighted by Gasteiger charge is 2.65. The van der Waals surface area contributed by atoms with E-state index in [1.54, 1.807) is 4.90 Å². The highest BCUT2D eigenvalue weighted by atomic mass is 16.5. The number of carbonyl (C=O) groups is 2. The molecule has 2 amide bonds. The molecule has 3 aliphatic carbocycles. The molecule has 1 heterocycles. The summed E-state index contributed by atoms with van der Waals surface area (Å²) >= 11 is 0. The van der Waals surface area contributed by atoms with Crippen LogP contribution < -0.4 is 5.32 Å². The van der Waals surface area contributed by atoms with Crippen LogP contribution in [-0.4, -0.2) is 53.8 Å². The summed E-state index contributed by atoms with van der Waals surface area (Å²) < 4.78 is 5.32. The number of urea groups is 1. The predicted molar refractivity (Wildman–Crippen MR) is 73.7 cm³/mol. The molecule has 5 unspecified atom stereocenters. The van der Waals surface area contributed by atoms with Gasteiger partial charge in [-0.2, -0.15) is 0 Å². The lowest BCUT2D eigenvalue weighted by atomic mass is 10.0. The molecule has 3 saturated carbocycles. The van der Waals surface area contributed by atoms with Crippen molar-refractivity contribution < 1.29 is 19.4 Å². The van der Waals surface area contributed by atoms with Crippen LogP contribution in [0.25, 0.3) is 0 Å².